The van der Waals surface area contributed by atoms with Gasteiger partial charge in [-0.1, -0.05) is 13.8 Å². The standard InChI is InChI=1S/C13H30N2O/c1-4-8-15(9-5-2)12-6-10-14(3)11-7-13-16/h16H,4-13H2,1-3H3. The molecule has 0 unspecified atom stereocenters. The fourth-order valence-electron chi connectivity index (χ4n) is 1.98. The Bertz CT molecular complexity index is 136. The largest absolute Gasteiger partial charge is 0.396 e. The summed E-state index contributed by atoms with van der Waals surface area (Å²) in [5.74, 6) is 0. The van der Waals surface area contributed by atoms with Crippen molar-refractivity contribution in [1.29, 1.82) is 0 Å². The van der Waals surface area contributed by atoms with Gasteiger partial charge in [0, 0.05) is 13.2 Å². The molecule has 0 saturated heterocycles. The first-order valence-electron chi connectivity index (χ1n) is 6.76. The molecule has 0 aromatic heterocycles. The van der Waals surface area contributed by atoms with Crippen molar-refractivity contribution in [2.24, 2.45) is 0 Å². The van der Waals surface area contributed by atoms with E-state index in [9.17, 15) is 0 Å². The highest BCUT2D eigenvalue weighted by molar-refractivity contribution is 4.59. The van der Waals surface area contributed by atoms with Crippen LogP contribution in [0.15, 0.2) is 0 Å². The summed E-state index contributed by atoms with van der Waals surface area (Å²) < 4.78 is 0. The van der Waals surface area contributed by atoms with Crippen molar-refractivity contribution in [3.05, 3.63) is 0 Å². The lowest BCUT2D eigenvalue weighted by molar-refractivity contribution is 0.226. The molecular formula is C13H30N2O. The highest BCUT2D eigenvalue weighted by Crippen LogP contribution is 1.98. The molecule has 3 nitrogen and oxygen atoms in total. The third kappa shape index (κ3) is 9.13. The molecule has 3 heteroatoms. The van der Waals surface area contributed by atoms with Crippen LogP contribution in [0.4, 0.5) is 0 Å². The van der Waals surface area contributed by atoms with Crippen LogP contribution in [-0.2, 0) is 0 Å². The highest BCUT2D eigenvalue weighted by atomic mass is 16.3. The Kier molecular flexibility index (Phi) is 11.3. The molecule has 98 valence electrons. The summed E-state index contributed by atoms with van der Waals surface area (Å²) >= 11 is 0. The van der Waals surface area contributed by atoms with Crippen LogP contribution in [0, 0.1) is 0 Å². The second-order valence-corrected chi connectivity index (χ2v) is 4.58. The molecule has 0 heterocycles. The van der Waals surface area contributed by atoms with Gasteiger partial charge in [0.05, 0.1) is 0 Å². The van der Waals surface area contributed by atoms with Crippen LogP contribution in [0.25, 0.3) is 0 Å². The zero-order chi connectivity index (χ0) is 12.2. The van der Waals surface area contributed by atoms with Gasteiger partial charge in [-0.3, -0.25) is 0 Å². The number of rotatable bonds is 11. The Hall–Kier alpha value is -0.120. The highest BCUT2D eigenvalue weighted by Gasteiger charge is 2.03. The molecule has 0 saturated carbocycles. The lowest BCUT2D eigenvalue weighted by Crippen LogP contribution is -2.30. The molecule has 0 rings (SSSR count). The molecule has 0 aromatic carbocycles. The summed E-state index contributed by atoms with van der Waals surface area (Å²) in [5, 5.41) is 8.73. The van der Waals surface area contributed by atoms with E-state index < -0.39 is 0 Å². The van der Waals surface area contributed by atoms with Crippen LogP contribution in [-0.4, -0.2) is 61.3 Å². The van der Waals surface area contributed by atoms with Gasteiger partial charge in [-0.25, -0.2) is 0 Å². The van der Waals surface area contributed by atoms with Gasteiger partial charge >= 0.3 is 0 Å². The number of hydrogen-bond donors (Lipinski definition) is 1. The molecule has 0 aliphatic heterocycles. The second kappa shape index (κ2) is 11.4. The molecule has 0 aromatic rings. The van der Waals surface area contributed by atoms with Crippen LogP contribution >= 0.6 is 0 Å². The first kappa shape index (κ1) is 15.9. The van der Waals surface area contributed by atoms with Crippen molar-refractivity contribution in [3.63, 3.8) is 0 Å². The number of hydrogen-bond acceptors (Lipinski definition) is 3. The lowest BCUT2D eigenvalue weighted by Gasteiger charge is -2.22. The molecule has 0 spiro atoms. The molecule has 0 radical (unpaired) electrons. The Morgan fingerprint density at radius 2 is 1.38 bits per heavy atom. The SMILES string of the molecule is CCCN(CCC)CCCN(C)CCCO. The number of aliphatic hydroxyl groups is 1. The predicted octanol–water partition coefficient (Wildman–Crippen LogP) is 1.81. The third-order valence-electron chi connectivity index (χ3n) is 2.79. The summed E-state index contributed by atoms with van der Waals surface area (Å²) in [4.78, 5) is 4.87. The van der Waals surface area contributed by atoms with Gasteiger partial charge in [-0.15, -0.1) is 0 Å². The van der Waals surface area contributed by atoms with Gasteiger partial charge in [-0.05, 0) is 58.9 Å². The second-order valence-electron chi connectivity index (χ2n) is 4.58. The fourth-order valence-corrected chi connectivity index (χ4v) is 1.98. The Morgan fingerprint density at radius 1 is 0.812 bits per heavy atom. The quantitative estimate of drug-likeness (QED) is 0.586. The maximum Gasteiger partial charge on any atom is 0.0443 e. The van der Waals surface area contributed by atoms with E-state index in [1.807, 2.05) is 0 Å². The van der Waals surface area contributed by atoms with E-state index in [4.69, 9.17) is 5.11 Å². The molecule has 0 aliphatic carbocycles. The normalized spacial score (nSPS) is 11.6. The predicted molar refractivity (Wildman–Crippen MR) is 70.8 cm³/mol. The van der Waals surface area contributed by atoms with Crippen LogP contribution in [0.1, 0.15) is 39.5 Å². The molecular weight excluding hydrogens is 200 g/mol. The topological polar surface area (TPSA) is 26.7 Å². The molecule has 0 amide bonds. The zero-order valence-electron chi connectivity index (χ0n) is 11.4. The van der Waals surface area contributed by atoms with Gasteiger partial charge < -0.3 is 14.9 Å². The Balaban J connectivity index is 3.51. The van der Waals surface area contributed by atoms with E-state index in [1.54, 1.807) is 0 Å². The number of nitrogens with zero attached hydrogens (tertiary/aromatic N) is 2. The van der Waals surface area contributed by atoms with Crippen LogP contribution in [0.2, 0.25) is 0 Å². The van der Waals surface area contributed by atoms with Crippen molar-refractivity contribution in [2.45, 2.75) is 39.5 Å². The zero-order valence-corrected chi connectivity index (χ0v) is 11.4. The Morgan fingerprint density at radius 3 is 1.88 bits per heavy atom. The smallest absolute Gasteiger partial charge is 0.0443 e. The molecule has 1 N–H and O–H groups in total. The van der Waals surface area contributed by atoms with Crippen LogP contribution in [0.5, 0.6) is 0 Å². The minimum absolute atomic E-state index is 0.308. The van der Waals surface area contributed by atoms with Gasteiger partial charge in [0.2, 0.25) is 0 Å². The van der Waals surface area contributed by atoms with E-state index in [0.717, 1.165) is 19.5 Å². The van der Waals surface area contributed by atoms with Crippen molar-refractivity contribution in [1.82, 2.24) is 9.80 Å². The van der Waals surface area contributed by atoms with Crippen molar-refractivity contribution >= 4 is 0 Å². The minimum atomic E-state index is 0.308. The fraction of sp³-hybridized carbons (Fsp3) is 1.00. The van der Waals surface area contributed by atoms with E-state index in [1.165, 1.54) is 38.9 Å². The molecule has 0 atom stereocenters. The van der Waals surface area contributed by atoms with E-state index in [-0.39, 0.29) is 0 Å². The van der Waals surface area contributed by atoms with Crippen molar-refractivity contribution < 1.29 is 5.11 Å². The Labute approximate surface area is 101 Å². The maximum atomic E-state index is 8.73. The van der Waals surface area contributed by atoms with Crippen molar-refractivity contribution in [3.8, 4) is 0 Å². The molecule has 0 fully saturated rings. The maximum absolute atomic E-state index is 8.73. The minimum Gasteiger partial charge on any atom is -0.396 e. The molecule has 0 bridgehead atoms. The van der Waals surface area contributed by atoms with E-state index in [0.29, 0.717) is 6.61 Å². The summed E-state index contributed by atoms with van der Waals surface area (Å²) in [6.45, 7) is 10.6. The first-order chi connectivity index (χ1) is 7.74. The van der Waals surface area contributed by atoms with E-state index >= 15 is 0 Å². The van der Waals surface area contributed by atoms with Gasteiger partial charge in [-0.2, -0.15) is 0 Å². The van der Waals surface area contributed by atoms with E-state index in [2.05, 4.69) is 30.7 Å². The lowest BCUT2D eigenvalue weighted by atomic mass is 10.3. The average Bonchev–Trinajstić information content (AvgIpc) is 2.27. The van der Waals surface area contributed by atoms with Gasteiger partial charge in [0.1, 0.15) is 0 Å². The third-order valence-corrected chi connectivity index (χ3v) is 2.79. The number of aliphatic hydroxyl groups excluding tert-OH is 1. The molecule has 0 aliphatic rings. The summed E-state index contributed by atoms with van der Waals surface area (Å²) in [5.41, 5.74) is 0. The summed E-state index contributed by atoms with van der Waals surface area (Å²) in [7, 11) is 2.14. The molecule has 16 heavy (non-hydrogen) atoms. The van der Waals surface area contributed by atoms with Crippen LogP contribution in [0.3, 0.4) is 0 Å². The summed E-state index contributed by atoms with van der Waals surface area (Å²) in [6.07, 6.45) is 4.63. The first-order valence-corrected chi connectivity index (χ1v) is 6.76. The summed E-state index contributed by atoms with van der Waals surface area (Å²) in [6, 6.07) is 0. The van der Waals surface area contributed by atoms with Crippen molar-refractivity contribution in [2.75, 3.05) is 46.4 Å². The van der Waals surface area contributed by atoms with Gasteiger partial charge in [0.15, 0.2) is 0 Å². The van der Waals surface area contributed by atoms with Crippen LogP contribution < -0.4 is 0 Å². The average molecular weight is 230 g/mol. The monoisotopic (exact) mass is 230 g/mol. The van der Waals surface area contributed by atoms with Gasteiger partial charge in [0.25, 0.3) is 0 Å².